The maximum atomic E-state index is 13.8. The van der Waals surface area contributed by atoms with Crippen LogP contribution in [0.5, 0.6) is 0 Å². The van der Waals surface area contributed by atoms with Crippen LogP contribution in [0.3, 0.4) is 0 Å². The number of benzene rings is 2. The van der Waals surface area contributed by atoms with Gasteiger partial charge in [-0.1, -0.05) is 36.0 Å². The Hall–Kier alpha value is -3.00. The van der Waals surface area contributed by atoms with E-state index in [9.17, 15) is 14.0 Å². The number of Topliss-reactive ketones (excluding diaryl/α,β-unsaturated/α-hetero) is 1. The van der Waals surface area contributed by atoms with Crippen molar-refractivity contribution in [3.63, 3.8) is 0 Å². The SMILES string of the molecule is CC(=O)c1cccc(NC(=O)[C@@H](C)Sc2nnc(-c3ccccc3F)o2)c1. The van der Waals surface area contributed by atoms with Crippen molar-refractivity contribution in [2.45, 2.75) is 24.3 Å². The van der Waals surface area contributed by atoms with Crippen LogP contribution in [0, 0.1) is 5.82 Å². The van der Waals surface area contributed by atoms with Gasteiger partial charge in [-0.25, -0.2) is 4.39 Å². The minimum atomic E-state index is -0.542. The van der Waals surface area contributed by atoms with Crippen LogP contribution in [0.1, 0.15) is 24.2 Å². The molecule has 0 radical (unpaired) electrons. The van der Waals surface area contributed by atoms with Crippen LogP contribution >= 0.6 is 11.8 Å². The Morgan fingerprint density at radius 2 is 1.93 bits per heavy atom. The van der Waals surface area contributed by atoms with Crippen LogP contribution in [0.4, 0.5) is 10.1 Å². The van der Waals surface area contributed by atoms with E-state index in [1.807, 2.05) is 0 Å². The number of anilines is 1. The molecule has 0 unspecified atom stereocenters. The molecule has 0 saturated heterocycles. The number of hydrogen-bond acceptors (Lipinski definition) is 6. The van der Waals surface area contributed by atoms with Gasteiger partial charge in [-0.3, -0.25) is 9.59 Å². The monoisotopic (exact) mass is 385 g/mol. The van der Waals surface area contributed by atoms with Crippen LogP contribution in [0.15, 0.2) is 58.2 Å². The molecule has 3 rings (SSSR count). The Bertz CT molecular complexity index is 990. The highest BCUT2D eigenvalue weighted by Gasteiger charge is 2.20. The van der Waals surface area contributed by atoms with Crippen molar-refractivity contribution in [2.24, 2.45) is 0 Å². The molecule has 3 aromatic rings. The lowest BCUT2D eigenvalue weighted by atomic mass is 10.1. The summed E-state index contributed by atoms with van der Waals surface area (Å²) < 4.78 is 19.2. The molecule has 1 N–H and O–H groups in total. The fraction of sp³-hybridized carbons (Fsp3) is 0.158. The minimum absolute atomic E-state index is 0.0531. The van der Waals surface area contributed by atoms with Crippen molar-refractivity contribution in [3.8, 4) is 11.5 Å². The Labute approximate surface area is 159 Å². The van der Waals surface area contributed by atoms with Gasteiger partial charge in [-0.15, -0.1) is 10.2 Å². The van der Waals surface area contributed by atoms with Crippen LogP contribution in [0.25, 0.3) is 11.5 Å². The lowest BCUT2D eigenvalue weighted by Gasteiger charge is -2.10. The molecular weight excluding hydrogens is 369 g/mol. The van der Waals surface area contributed by atoms with Gasteiger partial charge in [0.2, 0.25) is 5.91 Å². The molecule has 0 aliphatic heterocycles. The van der Waals surface area contributed by atoms with Crippen LogP contribution in [-0.2, 0) is 4.79 Å². The number of carbonyl (C=O) groups is 2. The molecular formula is C19H16FN3O3S. The number of halogens is 1. The van der Waals surface area contributed by atoms with Gasteiger partial charge in [0, 0.05) is 11.3 Å². The van der Waals surface area contributed by atoms with E-state index >= 15 is 0 Å². The second-order valence-electron chi connectivity index (χ2n) is 5.74. The number of hydrogen-bond donors (Lipinski definition) is 1. The van der Waals surface area contributed by atoms with E-state index in [0.717, 1.165) is 11.8 Å². The van der Waals surface area contributed by atoms with Crippen molar-refractivity contribution >= 4 is 29.1 Å². The van der Waals surface area contributed by atoms with Gasteiger partial charge in [0.05, 0.1) is 10.8 Å². The molecule has 0 fully saturated rings. The van der Waals surface area contributed by atoms with E-state index in [1.165, 1.54) is 19.1 Å². The molecule has 0 aliphatic rings. The molecule has 138 valence electrons. The van der Waals surface area contributed by atoms with Crippen molar-refractivity contribution in [2.75, 3.05) is 5.32 Å². The third kappa shape index (κ3) is 4.59. The molecule has 2 aromatic carbocycles. The summed E-state index contributed by atoms with van der Waals surface area (Å²) >= 11 is 1.06. The predicted octanol–water partition coefficient (Wildman–Crippen LogP) is 4.20. The van der Waals surface area contributed by atoms with Gasteiger partial charge in [0.15, 0.2) is 5.78 Å². The summed E-state index contributed by atoms with van der Waals surface area (Å²) in [5, 5.41) is 10.0. The highest BCUT2D eigenvalue weighted by Crippen LogP contribution is 2.28. The van der Waals surface area contributed by atoms with E-state index in [-0.39, 0.29) is 28.4 Å². The number of amides is 1. The van der Waals surface area contributed by atoms with Crippen molar-refractivity contribution < 1.29 is 18.4 Å². The average Bonchev–Trinajstić information content (AvgIpc) is 3.10. The maximum absolute atomic E-state index is 13.8. The third-order valence-corrected chi connectivity index (χ3v) is 4.63. The molecule has 8 heteroatoms. The number of rotatable bonds is 6. The van der Waals surface area contributed by atoms with Crippen LogP contribution in [0.2, 0.25) is 0 Å². The second-order valence-corrected chi connectivity index (χ2v) is 7.03. The smallest absolute Gasteiger partial charge is 0.277 e. The molecule has 1 aromatic heterocycles. The molecule has 0 saturated carbocycles. The molecule has 0 spiro atoms. The van der Waals surface area contributed by atoms with Gasteiger partial charge in [0.25, 0.3) is 11.1 Å². The molecule has 1 amide bonds. The Morgan fingerprint density at radius 1 is 1.15 bits per heavy atom. The quantitative estimate of drug-likeness (QED) is 0.506. The van der Waals surface area contributed by atoms with Gasteiger partial charge >= 0.3 is 0 Å². The third-order valence-electron chi connectivity index (χ3n) is 3.69. The largest absolute Gasteiger partial charge is 0.411 e. The normalized spacial score (nSPS) is 11.8. The van der Waals surface area contributed by atoms with Gasteiger partial charge in [-0.2, -0.15) is 0 Å². The fourth-order valence-corrected chi connectivity index (χ4v) is 2.95. The fourth-order valence-electron chi connectivity index (χ4n) is 2.27. The standard InChI is InChI=1S/C19H16FN3O3S/c1-11(24)13-6-5-7-14(10-13)21-17(25)12(2)27-19-23-22-18(26-19)15-8-3-4-9-16(15)20/h3-10,12H,1-2H3,(H,21,25)/t12-/m1/s1. The van der Waals surface area contributed by atoms with Crippen molar-refractivity contribution in [1.29, 1.82) is 0 Å². The highest BCUT2D eigenvalue weighted by molar-refractivity contribution is 8.00. The first-order valence-electron chi connectivity index (χ1n) is 8.11. The van der Waals surface area contributed by atoms with E-state index < -0.39 is 11.1 Å². The Morgan fingerprint density at radius 3 is 2.67 bits per heavy atom. The topological polar surface area (TPSA) is 85.1 Å². The number of nitrogens with zero attached hydrogens (tertiary/aromatic N) is 2. The first-order chi connectivity index (χ1) is 12.9. The van der Waals surface area contributed by atoms with E-state index in [0.29, 0.717) is 11.3 Å². The zero-order valence-corrected chi connectivity index (χ0v) is 15.4. The first-order valence-corrected chi connectivity index (χ1v) is 8.99. The molecule has 6 nitrogen and oxygen atoms in total. The van der Waals surface area contributed by atoms with Gasteiger partial charge in [0.1, 0.15) is 5.82 Å². The minimum Gasteiger partial charge on any atom is -0.411 e. The van der Waals surface area contributed by atoms with Gasteiger partial charge in [-0.05, 0) is 38.1 Å². The lowest BCUT2D eigenvalue weighted by Crippen LogP contribution is -2.22. The number of thioether (sulfide) groups is 1. The molecule has 0 aliphatic carbocycles. The zero-order valence-electron chi connectivity index (χ0n) is 14.6. The summed E-state index contributed by atoms with van der Waals surface area (Å²) in [6.07, 6.45) is 0. The van der Waals surface area contributed by atoms with Crippen molar-refractivity contribution in [3.05, 3.63) is 59.9 Å². The summed E-state index contributed by atoms with van der Waals surface area (Å²) in [7, 11) is 0. The second kappa shape index (κ2) is 8.13. The Balaban J connectivity index is 1.66. The maximum Gasteiger partial charge on any atom is 0.277 e. The van der Waals surface area contributed by atoms with E-state index in [1.54, 1.807) is 43.3 Å². The van der Waals surface area contributed by atoms with E-state index in [2.05, 4.69) is 15.5 Å². The number of carbonyl (C=O) groups excluding carboxylic acids is 2. The first kappa shape index (κ1) is 18.8. The number of nitrogens with one attached hydrogen (secondary N) is 1. The Kier molecular flexibility index (Phi) is 5.66. The summed E-state index contributed by atoms with van der Waals surface area (Å²) in [5.74, 6) is -0.780. The van der Waals surface area contributed by atoms with Crippen LogP contribution in [-0.4, -0.2) is 27.1 Å². The lowest BCUT2D eigenvalue weighted by molar-refractivity contribution is -0.115. The van der Waals surface area contributed by atoms with Crippen molar-refractivity contribution in [1.82, 2.24) is 10.2 Å². The summed E-state index contributed by atoms with van der Waals surface area (Å²) in [5.41, 5.74) is 1.24. The summed E-state index contributed by atoms with van der Waals surface area (Å²) in [6, 6.07) is 12.8. The molecule has 0 bridgehead atoms. The predicted molar refractivity (Wildman–Crippen MR) is 100 cm³/mol. The number of aromatic nitrogens is 2. The van der Waals surface area contributed by atoms with Gasteiger partial charge < -0.3 is 9.73 Å². The number of ketones is 1. The molecule has 27 heavy (non-hydrogen) atoms. The average molecular weight is 385 g/mol. The van der Waals surface area contributed by atoms with E-state index in [4.69, 9.17) is 4.42 Å². The zero-order chi connectivity index (χ0) is 19.4. The van der Waals surface area contributed by atoms with Crippen LogP contribution < -0.4 is 5.32 Å². The molecule has 1 atom stereocenters. The summed E-state index contributed by atoms with van der Waals surface area (Å²) in [6.45, 7) is 3.14. The molecule has 1 heterocycles. The summed E-state index contributed by atoms with van der Waals surface area (Å²) in [4.78, 5) is 23.8. The highest BCUT2D eigenvalue weighted by atomic mass is 32.2.